The van der Waals surface area contributed by atoms with Crippen molar-refractivity contribution >= 4 is 11.8 Å². The minimum atomic E-state index is -2.76. The second-order valence-electron chi connectivity index (χ2n) is 5.98. The summed E-state index contributed by atoms with van der Waals surface area (Å²) in [4.78, 5) is 0. The van der Waals surface area contributed by atoms with Gasteiger partial charge < -0.3 is 10.1 Å². The number of nitrogens with one attached hydrogen (secondary N) is 1. The number of ether oxygens (including phenoxy) is 1. The largest absolute Gasteiger partial charge is 0.435 e. The molecule has 0 saturated carbocycles. The van der Waals surface area contributed by atoms with Gasteiger partial charge in [-0.2, -0.15) is 20.5 Å². The Balaban J connectivity index is 1.82. The van der Waals surface area contributed by atoms with E-state index >= 15 is 0 Å². The number of alkyl halides is 2. The van der Waals surface area contributed by atoms with Gasteiger partial charge in [-0.1, -0.05) is 26.0 Å². The van der Waals surface area contributed by atoms with Crippen LogP contribution in [-0.4, -0.2) is 24.2 Å². The highest BCUT2D eigenvalue weighted by Crippen LogP contribution is 2.33. The highest BCUT2D eigenvalue weighted by Gasteiger charge is 2.27. The molecule has 1 heterocycles. The molecule has 0 aliphatic carbocycles. The standard InChI is InChI=1S/C15H21F2NOS/c1-15(2)7-12(9-20-10-15)18-8-11-3-5-13(6-4-11)19-14(16)17/h3-6,12,14,18H,7-10H2,1-2H3. The molecular formula is C15H21F2NOS. The van der Waals surface area contributed by atoms with Crippen molar-refractivity contribution in [3.63, 3.8) is 0 Å². The zero-order valence-electron chi connectivity index (χ0n) is 11.9. The van der Waals surface area contributed by atoms with E-state index in [4.69, 9.17) is 0 Å². The lowest BCUT2D eigenvalue weighted by molar-refractivity contribution is -0.0498. The molecule has 0 radical (unpaired) electrons. The highest BCUT2D eigenvalue weighted by molar-refractivity contribution is 7.99. The minimum absolute atomic E-state index is 0.207. The summed E-state index contributed by atoms with van der Waals surface area (Å²) in [6.45, 7) is 2.59. The fraction of sp³-hybridized carbons (Fsp3) is 0.600. The van der Waals surface area contributed by atoms with Crippen LogP contribution in [0, 0.1) is 5.41 Å². The predicted octanol–water partition coefficient (Wildman–Crippen LogP) is 3.91. The van der Waals surface area contributed by atoms with Crippen molar-refractivity contribution in [1.29, 1.82) is 0 Å². The van der Waals surface area contributed by atoms with E-state index < -0.39 is 6.61 Å². The molecule has 0 aromatic heterocycles. The zero-order valence-corrected chi connectivity index (χ0v) is 12.7. The highest BCUT2D eigenvalue weighted by atomic mass is 32.2. The first kappa shape index (κ1) is 15.6. The van der Waals surface area contributed by atoms with Gasteiger partial charge in [0.15, 0.2) is 0 Å². The maximum absolute atomic E-state index is 12.0. The van der Waals surface area contributed by atoms with Crippen molar-refractivity contribution in [1.82, 2.24) is 5.32 Å². The van der Waals surface area contributed by atoms with Crippen molar-refractivity contribution in [3.8, 4) is 5.75 Å². The van der Waals surface area contributed by atoms with Gasteiger partial charge in [0.05, 0.1) is 0 Å². The number of hydrogen-bond donors (Lipinski definition) is 1. The Morgan fingerprint density at radius 3 is 2.65 bits per heavy atom. The minimum Gasteiger partial charge on any atom is -0.435 e. The second-order valence-corrected chi connectivity index (χ2v) is 7.01. The Hall–Kier alpha value is -0.810. The lowest BCUT2D eigenvalue weighted by atomic mass is 9.88. The van der Waals surface area contributed by atoms with Crippen molar-refractivity contribution in [2.75, 3.05) is 11.5 Å². The van der Waals surface area contributed by atoms with Crippen LogP contribution < -0.4 is 10.1 Å². The van der Waals surface area contributed by atoms with E-state index in [1.54, 1.807) is 12.1 Å². The summed E-state index contributed by atoms with van der Waals surface area (Å²) in [5.74, 6) is 2.55. The lowest BCUT2D eigenvalue weighted by Gasteiger charge is -2.35. The smallest absolute Gasteiger partial charge is 0.387 e. The number of thioether (sulfide) groups is 1. The Kier molecular flexibility index (Phi) is 5.27. The fourth-order valence-corrected chi connectivity index (χ4v) is 3.75. The van der Waals surface area contributed by atoms with Crippen LogP contribution in [-0.2, 0) is 6.54 Å². The van der Waals surface area contributed by atoms with Gasteiger partial charge in [0, 0.05) is 18.3 Å². The van der Waals surface area contributed by atoms with Crippen LogP contribution in [0.3, 0.4) is 0 Å². The molecule has 1 N–H and O–H groups in total. The first-order chi connectivity index (χ1) is 9.44. The van der Waals surface area contributed by atoms with E-state index in [0.717, 1.165) is 17.9 Å². The fourth-order valence-electron chi connectivity index (χ4n) is 2.44. The van der Waals surface area contributed by atoms with E-state index in [2.05, 4.69) is 23.9 Å². The topological polar surface area (TPSA) is 21.3 Å². The summed E-state index contributed by atoms with van der Waals surface area (Å²) in [7, 11) is 0. The first-order valence-corrected chi connectivity index (χ1v) is 7.95. The third-order valence-corrected chi connectivity index (χ3v) is 4.98. The van der Waals surface area contributed by atoms with Crippen molar-refractivity contribution in [2.45, 2.75) is 39.5 Å². The predicted molar refractivity (Wildman–Crippen MR) is 79.4 cm³/mol. The van der Waals surface area contributed by atoms with Crippen LogP contribution in [0.15, 0.2) is 24.3 Å². The Labute approximate surface area is 123 Å². The summed E-state index contributed by atoms with van der Waals surface area (Å²) >= 11 is 1.99. The number of halogens is 2. The van der Waals surface area contributed by atoms with Crippen LogP contribution in [0.1, 0.15) is 25.8 Å². The molecule has 1 unspecified atom stereocenters. The maximum atomic E-state index is 12.0. The van der Waals surface area contributed by atoms with E-state index in [-0.39, 0.29) is 5.75 Å². The number of hydrogen-bond acceptors (Lipinski definition) is 3. The van der Waals surface area contributed by atoms with Crippen molar-refractivity contribution in [3.05, 3.63) is 29.8 Å². The summed E-state index contributed by atoms with van der Waals surface area (Å²) in [5.41, 5.74) is 1.47. The molecule has 0 spiro atoms. The summed E-state index contributed by atoms with van der Waals surface area (Å²) < 4.78 is 28.4. The van der Waals surface area contributed by atoms with Gasteiger partial charge in [0.1, 0.15) is 5.75 Å². The van der Waals surface area contributed by atoms with Gasteiger partial charge in [-0.15, -0.1) is 0 Å². The van der Waals surface area contributed by atoms with E-state index in [9.17, 15) is 8.78 Å². The molecule has 1 fully saturated rings. The molecule has 1 saturated heterocycles. The second kappa shape index (κ2) is 6.76. The van der Waals surface area contributed by atoms with E-state index in [1.807, 2.05) is 23.9 Å². The van der Waals surface area contributed by atoms with Gasteiger partial charge in [-0.05, 0) is 35.3 Å². The SMILES string of the molecule is CC1(C)CSCC(NCc2ccc(OC(F)F)cc2)C1. The molecule has 2 rings (SSSR count). The van der Waals surface area contributed by atoms with Gasteiger partial charge in [-0.25, -0.2) is 0 Å². The summed E-state index contributed by atoms with van der Waals surface area (Å²) in [5, 5.41) is 3.54. The van der Waals surface area contributed by atoms with Crippen LogP contribution in [0.2, 0.25) is 0 Å². The maximum Gasteiger partial charge on any atom is 0.387 e. The molecule has 1 atom stereocenters. The average Bonchev–Trinajstić information content (AvgIpc) is 2.36. The molecule has 5 heteroatoms. The third kappa shape index (κ3) is 4.94. The molecule has 1 aliphatic rings. The van der Waals surface area contributed by atoms with Gasteiger partial charge in [0.2, 0.25) is 0 Å². The van der Waals surface area contributed by atoms with Crippen LogP contribution >= 0.6 is 11.8 Å². The molecule has 1 aromatic carbocycles. The monoisotopic (exact) mass is 301 g/mol. The molecule has 0 bridgehead atoms. The third-order valence-electron chi connectivity index (χ3n) is 3.35. The van der Waals surface area contributed by atoms with Gasteiger partial charge in [-0.3, -0.25) is 0 Å². The number of benzene rings is 1. The van der Waals surface area contributed by atoms with Crippen LogP contribution in [0.5, 0.6) is 5.75 Å². The molecule has 1 aliphatic heterocycles. The average molecular weight is 301 g/mol. The lowest BCUT2D eigenvalue weighted by Crippen LogP contribution is -2.39. The molecule has 20 heavy (non-hydrogen) atoms. The number of rotatable bonds is 5. The Morgan fingerprint density at radius 1 is 1.35 bits per heavy atom. The Morgan fingerprint density at radius 2 is 2.05 bits per heavy atom. The summed E-state index contributed by atoms with van der Waals surface area (Å²) in [6, 6.07) is 7.34. The summed E-state index contributed by atoms with van der Waals surface area (Å²) in [6.07, 6.45) is 1.17. The van der Waals surface area contributed by atoms with E-state index in [0.29, 0.717) is 11.5 Å². The Bertz CT molecular complexity index is 422. The van der Waals surface area contributed by atoms with Gasteiger partial charge >= 0.3 is 6.61 Å². The molecule has 1 aromatic rings. The molecule has 0 amide bonds. The van der Waals surface area contributed by atoms with Crippen LogP contribution in [0.25, 0.3) is 0 Å². The van der Waals surface area contributed by atoms with Crippen LogP contribution in [0.4, 0.5) is 8.78 Å². The zero-order chi connectivity index (χ0) is 14.6. The molecule has 2 nitrogen and oxygen atoms in total. The first-order valence-electron chi connectivity index (χ1n) is 6.79. The molecule has 112 valence electrons. The quantitative estimate of drug-likeness (QED) is 0.891. The molecular weight excluding hydrogens is 280 g/mol. The van der Waals surface area contributed by atoms with E-state index in [1.165, 1.54) is 12.2 Å². The van der Waals surface area contributed by atoms with Crippen molar-refractivity contribution in [2.24, 2.45) is 5.41 Å². The van der Waals surface area contributed by atoms with Crippen molar-refractivity contribution < 1.29 is 13.5 Å². The normalized spacial score (nSPS) is 21.9. The van der Waals surface area contributed by atoms with Gasteiger partial charge in [0.25, 0.3) is 0 Å².